The van der Waals surface area contributed by atoms with Gasteiger partial charge in [-0.15, -0.1) is 0 Å². The van der Waals surface area contributed by atoms with Crippen LogP contribution in [0.15, 0.2) is 12.1 Å². The van der Waals surface area contributed by atoms with Gasteiger partial charge in [-0.1, -0.05) is 11.6 Å². The molecule has 0 aromatic heterocycles. The lowest BCUT2D eigenvalue weighted by atomic mass is 10.1. The zero-order chi connectivity index (χ0) is 10.2. The van der Waals surface area contributed by atoms with Crippen LogP contribution in [-0.2, 0) is 6.18 Å². The second-order valence-corrected chi connectivity index (χ2v) is 2.99. The van der Waals surface area contributed by atoms with Gasteiger partial charge < -0.3 is 0 Å². The molecule has 0 fully saturated rings. The van der Waals surface area contributed by atoms with Crippen molar-refractivity contribution in [3.8, 4) is 0 Å². The fourth-order valence-electron chi connectivity index (χ4n) is 0.864. The second-order valence-electron chi connectivity index (χ2n) is 2.58. The van der Waals surface area contributed by atoms with Crippen LogP contribution in [0.1, 0.15) is 11.1 Å². The van der Waals surface area contributed by atoms with E-state index < -0.39 is 22.6 Å². The van der Waals surface area contributed by atoms with E-state index in [4.69, 9.17) is 11.6 Å². The quantitative estimate of drug-likeness (QED) is 0.574. The summed E-state index contributed by atoms with van der Waals surface area (Å²) >= 11 is 5.30. The van der Waals surface area contributed by atoms with Crippen LogP contribution >= 0.6 is 11.6 Å². The molecule has 0 unspecified atom stereocenters. The minimum absolute atomic E-state index is 0.0954. The van der Waals surface area contributed by atoms with Gasteiger partial charge >= 0.3 is 6.18 Å². The molecule has 0 aliphatic heterocycles. The number of hydrogen-bond acceptors (Lipinski definition) is 0. The minimum atomic E-state index is -4.61. The Balaban J connectivity index is 3.32. The van der Waals surface area contributed by atoms with E-state index in [9.17, 15) is 17.6 Å². The summed E-state index contributed by atoms with van der Waals surface area (Å²) in [5, 5.41) is -0.480. The van der Waals surface area contributed by atoms with E-state index in [1.807, 2.05) is 0 Å². The molecule has 0 aliphatic rings. The zero-order valence-corrected chi connectivity index (χ0v) is 7.30. The molecule has 0 amide bonds. The third-order valence-corrected chi connectivity index (χ3v) is 1.87. The Morgan fingerprint density at radius 2 is 1.77 bits per heavy atom. The fourth-order valence-corrected chi connectivity index (χ4v) is 1.19. The maximum Gasteiger partial charge on any atom is 0.417 e. The minimum Gasteiger partial charge on any atom is -0.207 e. The summed E-state index contributed by atoms with van der Waals surface area (Å²) in [5.41, 5.74) is -1.05. The van der Waals surface area contributed by atoms with Gasteiger partial charge in [-0.3, -0.25) is 0 Å². The highest BCUT2D eigenvalue weighted by Gasteiger charge is 2.33. The summed E-state index contributed by atoms with van der Waals surface area (Å²) in [4.78, 5) is 0. The van der Waals surface area contributed by atoms with E-state index in [0.29, 0.717) is 6.07 Å². The van der Waals surface area contributed by atoms with E-state index in [2.05, 4.69) is 0 Å². The Bertz CT molecular complexity index is 330. The molecule has 13 heavy (non-hydrogen) atoms. The summed E-state index contributed by atoms with van der Waals surface area (Å²) in [6.45, 7) is 1.35. The van der Waals surface area contributed by atoms with Crippen molar-refractivity contribution in [3.05, 3.63) is 34.1 Å². The molecule has 0 radical (unpaired) electrons. The molecule has 0 aliphatic carbocycles. The van der Waals surface area contributed by atoms with Crippen LogP contribution in [-0.4, -0.2) is 0 Å². The average Bonchev–Trinajstić information content (AvgIpc) is 1.94. The van der Waals surface area contributed by atoms with Crippen molar-refractivity contribution < 1.29 is 17.6 Å². The largest absolute Gasteiger partial charge is 0.417 e. The average molecular weight is 213 g/mol. The van der Waals surface area contributed by atoms with Crippen molar-refractivity contribution >= 4 is 11.6 Å². The first kappa shape index (κ1) is 10.3. The van der Waals surface area contributed by atoms with Crippen LogP contribution in [0.4, 0.5) is 17.6 Å². The predicted molar refractivity (Wildman–Crippen MR) is 41.1 cm³/mol. The van der Waals surface area contributed by atoms with Gasteiger partial charge in [0.15, 0.2) is 0 Å². The second kappa shape index (κ2) is 3.18. The van der Waals surface area contributed by atoms with Gasteiger partial charge in [-0.25, -0.2) is 4.39 Å². The first-order chi connectivity index (χ1) is 5.82. The standard InChI is InChI=1S/C8H5ClF4/c1-4-2-6(9)5(3-7(4)10)8(11,12)13/h2-3H,1H3. The van der Waals surface area contributed by atoms with Gasteiger partial charge in [-0.2, -0.15) is 13.2 Å². The van der Waals surface area contributed by atoms with E-state index in [1.165, 1.54) is 6.92 Å². The molecule has 0 saturated carbocycles. The van der Waals surface area contributed by atoms with E-state index in [0.717, 1.165) is 6.07 Å². The lowest BCUT2D eigenvalue weighted by Gasteiger charge is -2.09. The zero-order valence-electron chi connectivity index (χ0n) is 6.54. The molecular weight excluding hydrogens is 208 g/mol. The molecule has 0 bridgehead atoms. The van der Waals surface area contributed by atoms with Crippen LogP contribution in [0.2, 0.25) is 5.02 Å². The normalized spacial score (nSPS) is 11.8. The molecule has 0 nitrogen and oxygen atoms in total. The summed E-state index contributed by atoms with van der Waals surface area (Å²) in [5.74, 6) is -0.906. The number of benzene rings is 1. The van der Waals surface area contributed by atoms with Crippen molar-refractivity contribution in [2.24, 2.45) is 0 Å². The van der Waals surface area contributed by atoms with Crippen LogP contribution in [0.3, 0.4) is 0 Å². The summed E-state index contributed by atoms with van der Waals surface area (Å²) in [7, 11) is 0. The van der Waals surface area contributed by atoms with Crippen LogP contribution < -0.4 is 0 Å². The summed E-state index contributed by atoms with van der Waals surface area (Å²) in [6, 6.07) is 1.36. The van der Waals surface area contributed by atoms with E-state index >= 15 is 0 Å². The van der Waals surface area contributed by atoms with Crippen molar-refractivity contribution in [1.82, 2.24) is 0 Å². The number of rotatable bonds is 0. The smallest absolute Gasteiger partial charge is 0.207 e. The van der Waals surface area contributed by atoms with Gasteiger partial charge in [0.2, 0.25) is 0 Å². The highest BCUT2D eigenvalue weighted by Crippen LogP contribution is 2.35. The summed E-state index contributed by atoms with van der Waals surface area (Å²) in [6.07, 6.45) is -4.61. The SMILES string of the molecule is Cc1cc(Cl)c(C(F)(F)F)cc1F. The third-order valence-electron chi connectivity index (χ3n) is 1.55. The van der Waals surface area contributed by atoms with Crippen molar-refractivity contribution in [1.29, 1.82) is 0 Å². The first-order valence-corrected chi connectivity index (χ1v) is 3.73. The topological polar surface area (TPSA) is 0 Å². The van der Waals surface area contributed by atoms with E-state index in [1.54, 1.807) is 0 Å². The molecule has 72 valence electrons. The van der Waals surface area contributed by atoms with Gasteiger partial charge in [0.25, 0.3) is 0 Å². The van der Waals surface area contributed by atoms with Crippen LogP contribution in [0.25, 0.3) is 0 Å². The van der Waals surface area contributed by atoms with Gasteiger partial charge in [-0.05, 0) is 24.6 Å². The molecule has 1 aromatic carbocycles. The maximum absolute atomic E-state index is 12.7. The Kier molecular flexibility index (Phi) is 2.52. The Morgan fingerprint density at radius 3 is 2.23 bits per heavy atom. The number of hydrogen-bond donors (Lipinski definition) is 0. The number of aryl methyl sites for hydroxylation is 1. The lowest BCUT2D eigenvalue weighted by Crippen LogP contribution is -2.06. The first-order valence-electron chi connectivity index (χ1n) is 3.35. The fraction of sp³-hybridized carbons (Fsp3) is 0.250. The molecule has 1 rings (SSSR count). The molecule has 0 spiro atoms. The Labute approximate surface area is 77.1 Å². The number of alkyl halides is 3. The predicted octanol–water partition coefficient (Wildman–Crippen LogP) is 3.81. The number of halogens is 5. The Hall–Kier alpha value is -0.770. The molecular formula is C8H5ClF4. The highest BCUT2D eigenvalue weighted by atomic mass is 35.5. The molecule has 5 heteroatoms. The van der Waals surface area contributed by atoms with Crippen LogP contribution in [0.5, 0.6) is 0 Å². The van der Waals surface area contributed by atoms with Crippen molar-refractivity contribution in [2.45, 2.75) is 13.1 Å². The molecule has 0 atom stereocenters. The van der Waals surface area contributed by atoms with Gasteiger partial charge in [0, 0.05) is 0 Å². The highest BCUT2D eigenvalue weighted by molar-refractivity contribution is 6.31. The monoisotopic (exact) mass is 212 g/mol. The Morgan fingerprint density at radius 1 is 1.23 bits per heavy atom. The molecule has 0 heterocycles. The van der Waals surface area contributed by atoms with Crippen molar-refractivity contribution in [2.75, 3.05) is 0 Å². The van der Waals surface area contributed by atoms with Crippen molar-refractivity contribution in [3.63, 3.8) is 0 Å². The van der Waals surface area contributed by atoms with Gasteiger partial charge in [0.1, 0.15) is 5.82 Å². The van der Waals surface area contributed by atoms with Gasteiger partial charge in [0.05, 0.1) is 10.6 Å². The van der Waals surface area contributed by atoms with E-state index in [-0.39, 0.29) is 5.56 Å². The molecule has 0 N–H and O–H groups in total. The summed E-state index contributed by atoms with van der Waals surface area (Å²) < 4.78 is 49.1. The lowest BCUT2D eigenvalue weighted by molar-refractivity contribution is -0.137. The molecule has 1 aromatic rings. The van der Waals surface area contributed by atoms with Crippen LogP contribution in [0, 0.1) is 12.7 Å². The third kappa shape index (κ3) is 2.12. The maximum atomic E-state index is 12.7. The molecule has 0 saturated heterocycles.